The van der Waals surface area contributed by atoms with Gasteiger partial charge in [-0.25, -0.2) is 0 Å². The molecule has 1 N–H and O–H groups in total. The van der Waals surface area contributed by atoms with E-state index in [1.807, 2.05) is 42.5 Å². The minimum Gasteiger partial charge on any atom is -0.366 e. The standard InChI is InChI=1S/C13H10Cl2N2/c14-9-5-6-11-13(7-9)17(8-16-11)12-4-2-1-3-10(12)15/h1-7,16H,8H2. The van der Waals surface area contributed by atoms with Crippen molar-refractivity contribution in [2.45, 2.75) is 0 Å². The van der Waals surface area contributed by atoms with Crippen molar-refractivity contribution in [1.29, 1.82) is 0 Å². The van der Waals surface area contributed by atoms with Crippen LogP contribution in [0.1, 0.15) is 0 Å². The van der Waals surface area contributed by atoms with Crippen molar-refractivity contribution in [3.63, 3.8) is 0 Å². The molecule has 2 nitrogen and oxygen atoms in total. The van der Waals surface area contributed by atoms with Gasteiger partial charge in [-0.15, -0.1) is 0 Å². The van der Waals surface area contributed by atoms with Gasteiger partial charge in [0.2, 0.25) is 0 Å². The van der Waals surface area contributed by atoms with Crippen molar-refractivity contribution < 1.29 is 0 Å². The Morgan fingerprint density at radius 1 is 1.00 bits per heavy atom. The minimum atomic E-state index is 0.708. The van der Waals surface area contributed by atoms with Crippen LogP contribution in [0.15, 0.2) is 42.5 Å². The fourth-order valence-electron chi connectivity index (χ4n) is 2.01. The van der Waals surface area contributed by atoms with Gasteiger partial charge in [-0.1, -0.05) is 35.3 Å². The fourth-order valence-corrected chi connectivity index (χ4v) is 2.42. The van der Waals surface area contributed by atoms with Crippen molar-refractivity contribution in [3.05, 3.63) is 52.5 Å². The van der Waals surface area contributed by atoms with Crippen LogP contribution in [0.4, 0.5) is 17.1 Å². The number of hydrogen-bond acceptors (Lipinski definition) is 2. The van der Waals surface area contributed by atoms with E-state index in [0.29, 0.717) is 6.67 Å². The van der Waals surface area contributed by atoms with Gasteiger partial charge in [0.1, 0.15) is 0 Å². The Hall–Kier alpha value is -1.38. The molecule has 1 heterocycles. The zero-order valence-electron chi connectivity index (χ0n) is 8.95. The third-order valence-corrected chi connectivity index (χ3v) is 3.38. The Morgan fingerprint density at radius 3 is 2.65 bits per heavy atom. The molecule has 0 bridgehead atoms. The molecule has 86 valence electrons. The summed E-state index contributed by atoms with van der Waals surface area (Å²) in [6, 6.07) is 13.6. The summed E-state index contributed by atoms with van der Waals surface area (Å²) in [7, 11) is 0. The maximum absolute atomic E-state index is 6.21. The van der Waals surface area contributed by atoms with Gasteiger partial charge in [0, 0.05) is 5.02 Å². The first-order chi connectivity index (χ1) is 8.25. The molecule has 0 aromatic heterocycles. The van der Waals surface area contributed by atoms with E-state index in [2.05, 4.69) is 10.2 Å². The number of nitrogens with one attached hydrogen (secondary N) is 1. The molecule has 0 radical (unpaired) electrons. The summed E-state index contributed by atoms with van der Waals surface area (Å²) >= 11 is 12.2. The molecular weight excluding hydrogens is 255 g/mol. The SMILES string of the molecule is Clc1ccc2c(c1)N(c1ccccc1Cl)CN2. The molecule has 0 atom stereocenters. The number of benzene rings is 2. The molecule has 4 heteroatoms. The molecule has 1 aliphatic rings. The summed E-state index contributed by atoms with van der Waals surface area (Å²) < 4.78 is 0. The number of hydrogen-bond donors (Lipinski definition) is 1. The first-order valence-corrected chi connectivity index (χ1v) is 6.07. The predicted octanol–water partition coefficient (Wildman–Crippen LogP) is 4.51. The summed E-state index contributed by atoms with van der Waals surface area (Å²) in [6.45, 7) is 0.708. The van der Waals surface area contributed by atoms with Crippen LogP contribution in [-0.2, 0) is 0 Å². The third-order valence-electron chi connectivity index (χ3n) is 2.82. The zero-order chi connectivity index (χ0) is 11.8. The van der Waals surface area contributed by atoms with Crippen molar-refractivity contribution in [1.82, 2.24) is 0 Å². The normalized spacial score (nSPS) is 13.4. The van der Waals surface area contributed by atoms with Crippen molar-refractivity contribution in [2.24, 2.45) is 0 Å². The van der Waals surface area contributed by atoms with E-state index in [0.717, 1.165) is 27.1 Å². The summed E-state index contributed by atoms with van der Waals surface area (Å²) in [4.78, 5) is 2.11. The third kappa shape index (κ3) is 1.84. The summed E-state index contributed by atoms with van der Waals surface area (Å²) in [5.74, 6) is 0. The zero-order valence-corrected chi connectivity index (χ0v) is 10.5. The van der Waals surface area contributed by atoms with E-state index in [4.69, 9.17) is 23.2 Å². The largest absolute Gasteiger partial charge is 0.366 e. The minimum absolute atomic E-state index is 0.708. The maximum Gasteiger partial charge on any atom is 0.0927 e. The summed E-state index contributed by atoms with van der Waals surface area (Å²) in [6.07, 6.45) is 0. The molecule has 0 amide bonds. The van der Waals surface area contributed by atoms with E-state index >= 15 is 0 Å². The van der Waals surface area contributed by atoms with Crippen LogP contribution in [0, 0.1) is 0 Å². The van der Waals surface area contributed by atoms with Crippen LogP contribution in [0.5, 0.6) is 0 Å². The molecule has 0 saturated heterocycles. The lowest BCUT2D eigenvalue weighted by Crippen LogP contribution is -2.16. The number of rotatable bonds is 1. The second kappa shape index (κ2) is 4.13. The highest BCUT2D eigenvalue weighted by Gasteiger charge is 2.21. The molecule has 0 spiro atoms. The van der Waals surface area contributed by atoms with Gasteiger partial charge >= 0.3 is 0 Å². The highest BCUT2D eigenvalue weighted by atomic mass is 35.5. The first-order valence-electron chi connectivity index (χ1n) is 5.31. The smallest absolute Gasteiger partial charge is 0.0927 e. The molecule has 17 heavy (non-hydrogen) atoms. The van der Waals surface area contributed by atoms with Crippen LogP contribution < -0.4 is 10.2 Å². The Kier molecular flexibility index (Phi) is 2.61. The van der Waals surface area contributed by atoms with Gasteiger partial charge < -0.3 is 10.2 Å². The van der Waals surface area contributed by atoms with Crippen LogP contribution in [-0.4, -0.2) is 6.67 Å². The van der Waals surface area contributed by atoms with Crippen molar-refractivity contribution in [3.8, 4) is 0 Å². The van der Waals surface area contributed by atoms with E-state index in [1.165, 1.54) is 0 Å². The lowest BCUT2D eigenvalue weighted by atomic mass is 10.2. The van der Waals surface area contributed by atoms with E-state index in [-0.39, 0.29) is 0 Å². The molecule has 0 saturated carbocycles. The first kappa shape index (κ1) is 10.8. The number of fused-ring (bicyclic) bond motifs is 1. The molecule has 0 fully saturated rings. The fraction of sp³-hybridized carbons (Fsp3) is 0.0769. The number of nitrogens with zero attached hydrogens (tertiary/aromatic N) is 1. The van der Waals surface area contributed by atoms with E-state index < -0.39 is 0 Å². The highest BCUT2D eigenvalue weighted by molar-refractivity contribution is 6.33. The average Bonchev–Trinajstić information content (AvgIpc) is 2.72. The van der Waals surface area contributed by atoms with Gasteiger partial charge in [0.25, 0.3) is 0 Å². The van der Waals surface area contributed by atoms with Gasteiger partial charge in [-0.3, -0.25) is 0 Å². The molecule has 2 aromatic carbocycles. The van der Waals surface area contributed by atoms with Gasteiger partial charge in [-0.05, 0) is 30.3 Å². The Balaban J connectivity index is 2.10. The van der Waals surface area contributed by atoms with Gasteiger partial charge in [0.15, 0.2) is 0 Å². The van der Waals surface area contributed by atoms with Crippen LogP contribution in [0.25, 0.3) is 0 Å². The number of anilines is 3. The quantitative estimate of drug-likeness (QED) is 0.815. The van der Waals surface area contributed by atoms with Crippen molar-refractivity contribution in [2.75, 3.05) is 16.9 Å². The summed E-state index contributed by atoms with van der Waals surface area (Å²) in [5, 5.41) is 4.78. The lowest BCUT2D eigenvalue weighted by molar-refractivity contribution is 1.10. The van der Waals surface area contributed by atoms with E-state index in [1.54, 1.807) is 0 Å². The Bertz CT molecular complexity index is 569. The molecule has 3 rings (SSSR count). The molecular formula is C13H10Cl2N2. The van der Waals surface area contributed by atoms with Crippen LogP contribution >= 0.6 is 23.2 Å². The Labute approximate surface area is 110 Å². The number of para-hydroxylation sites is 1. The topological polar surface area (TPSA) is 15.3 Å². The molecule has 0 aliphatic carbocycles. The van der Waals surface area contributed by atoms with Gasteiger partial charge in [-0.2, -0.15) is 0 Å². The van der Waals surface area contributed by atoms with Crippen molar-refractivity contribution >= 4 is 40.3 Å². The number of halogens is 2. The lowest BCUT2D eigenvalue weighted by Gasteiger charge is -2.19. The highest BCUT2D eigenvalue weighted by Crippen LogP contribution is 2.40. The predicted molar refractivity (Wildman–Crippen MR) is 73.5 cm³/mol. The second-order valence-electron chi connectivity index (χ2n) is 3.88. The average molecular weight is 265 g/mol. The maximum atomic E-state index is 6.21. The molecule has 1 aliphatic heterocycles. The van der Waals surface area contributed by atoms with Gasteiger partial charge in [0.05, 0.1) is 28.8 Å². The van der Waals surface area contributed by atoms with Crippen LogP contribution in [0.2, 0.25) is 10.0 Å². The Morgan fingerprint density at radius 2 is 1.82 bits per heavy atom. The second-order valence-corrected chi connectivity index (χ2v) is 4.72. The van der Waals surface area contributed by atoms with Crippen LogP contribution in [0.3, 0.4) is 0 Å². The summed E-state index contributed by atoms with van der Waals surface area (Å²) in [5.41, 5.74) is 3.13. The molecule has 2 aromatic rings. The molecule has 0 unspecified atom stereocenters. The monoisotopic (exact) mass is 264 g/mol. The van der Waals surface area contributed by atoms with E-state index in [9.17, 15) is 0 Å².